The van der Waals surface area contributed by atoms with Gasteiger partial charge in [0.1, 0.15) is 8.07 Å². The van der Waals surface area contributed by atoms with Gasteiger partial charge in [-0.3, -0.25) is 4.79 Å². The first-order valence-corrected chi connectivity index (χ1v) is 8.79. The molecular formula is C11H19NOSi. The summed E-state index contributed by atoms with van der Waals surface area (Å²) in [4.78, 5) is 11.3. The number of amides is 1. The highest BCUT2D eigenvalue weighted by atomic mass is 28.3. The van der Waals surface area contributed by atoms with E-state index in [1.54, 1.807) is 0 Å². The third-order valence-electron chi connectivity index (χ3n) is 2.10. The summed E-state index contributed by atoms with van der Waals surface area (Å²) in [7, 11) is -1.29. The molecule has 1 saturated heterocycles. The molecule has 1 fully saturated rings. The van der Waals surface area contributed by atoms with Crippen molar-refractivity contribution < 1.29 is 4.79 Å². The molecule has 2 nitrogen and oxygen atoms in total. The molecule has 1 amide bonds. The minimum Gasteiger partial charge on any atom is -0.342 e. The standard InChI is InChI=1S/C11H19NOSi/c1-14(2,3)9-8-10-6-4-5-7-11(13)12-10/h10H,4-7H2,1-3H3,(H,12,13). The second-order valence-electron chi connectivity index (χ2n) is 4.89. The van der Waals surface area contributed by atoms with Gasteiger partial charge in [0.25, 0.3) is 0 Å². The molecule has 0 spiro atoms. The molecule has 0 radical (unpaired) electrons. The molecule has 0 aromatic carbocycles. The molecule has 0 bridgehead atoms. The quantitative estimate of drug-likeness (QED) is 0.479. The van der Waals surface area contributed by atoms with Gasteiger partial charge in [-0.05, 0) is 19.3 Å². The lowest BCUT2D eigenvalue weighted by atomic mass is 10.1. The van der Waals surface area contributed by atoms with E-state index in [0.717, 1.165) is 19.3 Å². The molecule has 0 aliphatic carbocycles. The van der Waals surface area contributed by atoms with E-state index in [2.05, 4.69) is 36.4 Å². The zero-order valence-electron chi connectivity index (χ0n) is 9.31. The molecule has 1 unspecified atom stereocenters. The summed E-state index contributed by atoms with van der Waals surface area (Å²) >= 11 is 0. The van der Waals surface area contributed by atoms with E-state index >= 15 is 0 Å². The second kappa shape index (κ2) is 4.65. The smallest absolute Gasteiger partial charge is 0.220 e. The van der Waals surface area contributed by atoms with Gasteiger partial charge in [-0.2, -0.15) is 0 Å². The maximum Gasteiger partial charge on any atom is 0.220 e. The molecule has 0 aromatic heterocycles. The van der Waals surface area contributed by atoms with Gasteiger partial charge in [-0.25, -0.2) is 0 Å². The average Bonchev–Trinajstić information content (AvgIpc) is 2.25. The largest absolute Gasteiger partial charge is 0.342 e. The predicted molar refractivity (Wildman–Crippen MR) is 61.5 cm³/mol. The molecule has 0 aromatic rings. The van der Waals surface area contributed by atoms with Crippen molar-refractivity contribution in [1.82, 2.24) is 5.32 Å². The molecular weight excluding hydrogens is 190 g/mol. The number of hydrogen-bond acceptors (Lipinski definition) is 1. The third kappa shape index (κ3) is 4.47. The Morgan fingerprint density at radius 3 is 2.71 bits per heavy atom. The molecule has 1 aliphatic heterocycles. The molecule has 78 valence electrons. The number of carbonyl (C=O) groups is 1. The lowest BCUT2D eigenvalue weighted by Gasteiger charge is -2.10. The van der Waals surface area contributed by atoms with E-state index in [9.17, 15) is 4.79 Å². The number of carbonyl (C=O) groups excluding carboxylic acids is 1. The highest BCUT2D eigenvalue weighted by Gasteiger charge is 2.15. The first-order chi connectivity index (χ1) is 6.47. The van der Waals surface area contributed by atoms with Crippen LogP contribution >= 0.6 is 0 Å². The summed E-state index contributed by atoms with van der Waals surface area (Å²) < 4.78 is 0. The van der Waals surface area contributed by atoms with Crippen molar-refractivity contribution in [3.63, 3.8) is 0 Å². The molecule has 1 heterocycles. The first-order valence-electron chi connectivity index (χ1n) is 5.29. The molecule has 0 saturated carbocycles. The summed E-state index contributed by atoms with van der Waals surface area (Å²) in [6.45, 7) is 6.66. The van der Waals surface area contributed by atoms with Crippen LogP contribution in [0.15, 0.2) is 0 Å². The Labute approximate surface area is 87.5 Å². The van der Waals surface area contributed by atoms with Crippen LogP contribution in [0.4, 0.5) is 0 Å². The number of rotatable bonds is 0. The van der Waals surface area contributed by atoms with Crippen LogP contribution in [0, 0.1) is 11.5 Å². The second-order valence-corrected chi connectivity index (χ2v) is 9.64. The van der Waals surface area contributed by atoms with E-state index in [1.807, 2.05) is 0 Å². The fourth-order valence-electron chi connectivity index (χ4n) is 1.38. The molecule has 1 aliphatic rings. The predicted octanol–water partition coefficient (Wildman–Crippen LogP) is 1.93. The van der Waals surface area contributed by atoms with E-state index in [4.69, 9.17) is 0 Å². The van der Waals surface area contributed by atoms with Crippen LogP contribution in [0.2, 0.25) is 19.6 Å². The summed E-state index contributed by atoms with van der Waals surface area (Å²) in [6, 6.07) is 0.108. The maximum absolute atomic E-state index is 11.3. The van der Waals surface area contributed by atoms with Gasteiger partial charge >= 0.3 is 0 Å². The highest BCUT2D eigenvalue weighted by molar-refractivity contribution is 6.83. The van der Waals surface area contributed by atoms with Crippen molar-refractivity contribution >= 4 is 14.0 Å². The topological polar surface area (TPSA) is 29.1 Å². The summed E-state index contributed by atoms with van der Waals surface area (Å²) in [5, 5.41) is 2.96. The Morgan fingerprint density at radius 1 is 1.36 bits per heavy atom. The molecule has 1 atom stereocenters. The zero-order chi connectivity index (χ0) is 10.6. The normalized spacial score (nSPS) is 23.1. The van der Waals surface area contributed by atoms with Crippen molar-refractivity contribution in [2.24, 2.45) is 0 Å². The minimum absolute atomic E-state index is 0.108. The van der Waals surface area contributed by atoms with Gasteiger partial charge in [0.05, 0.1) is 6.04 Å². The molecule has 1 rings (SSSR count). The Bertz CT molecular complexity index is 269. The Balaban J connectivity index is 2.57. The fourth-order valence-corrected chi connectivity index (χ4v) is 1.99. The Kier molecular flexibility index (Phi) is 3.76. The Hall–Kier alpha value is -0.753. The van der Waals surface area contributed by atoms with Crippen LogP contribution in [-0.2, 0) is 4.79 Å². The maximum atomic E-state index is 11.3. The first kappa shape index (κ1) is 11.3. The summed E-state index contributed by atoms with van der Waals surface area (Å²) in [5.41, 5.74) is 3.31. The monoisotopic (exact) mass is 209 g/mol. The van der Waals surface area contributed by atoms with E-state index in [-0.39, 0.29) is 11.9 Å². The lowest BCUT2D eigenvalue weighted by molar-refractivity contribution is -0.121. The van der Waals surface area contributed by atoms with Gasteiger partial charge in [0, 0.05) is 6.42 Å². The lowest BCUT2D eigenvalue weighted by Crippen LogP contribution is -2.32. The third-order valence-corrected chi connectivity index (χ3v) is 3.00. The van der Waals surface area contributed by atoms with Gasteiger partial charge < -0.3 is 5.32 Å². The van der Waals surface area contributed by atoms with Crippen molar-refractivity contribution in [2.75, 3.05) is 0 Å². The minimum atomic E-state index is -1.29. The molecule has 14 heavy (non-hydrogen) atoms. The van der Waals surface area contributed by atoms with Crippen molar-refractivity contribution in [2.45, 2.75) is 51.4 Å². The zero-order valence-corrected chi connectivity index (χ0v) is 10.3. The number of hydrogen-bond donors (Lipinski definition) is 1. The van der Waals surface area contributed by atoms with Crippen molar-refractivity contribution in [3.8, 4) is 11.5 Å². The van der Waals surface area contributed by atoms with Crippen LogP contribution in [-0.4, -0.2) is 20.0 Å². The summed E-state index contributed by atoms with van der Waals surface area (Å²) in [5.74, 6) is 3.38. The van der Waals surface area contributed by atoms with Crippen LogP contribution in [0.3, 0.4) is 0 Å². The molecule has 3 heteroatoms. The van der Waals surface area contributed by atoms with E-state index in [0.29, 0.717) is 6.42 Å². The van der Waals surface area contributed by atoms with Gasteiger partial charge in [-0.1, -0.05) is 25.6 Å². The van der Waals surface area contributed by atoms with Crippen LogP contribution in [0.5, 0.6) is 0 Å². The summed E-state index contributed by atoms with van der Waals surface area (Å²) in [6.07, 6.45) is 3.81. The van der Waals surface area contributed by atoms with E-state index < -0.39 is 8.07 Å². The van der Waals surface area contributed by atoms with Crippen LogP contribution in [0.1, 0.15) is 25.7 Å². The van der Waals surface area contributed by atoms with Crippen LogP contribution in [0.25, 0.3) is 0 Å². The Morgan fingerprint density at radius 2 is 2.07 bits per heavy atom. The van der Waals surface area contributed by atoms with Crippen molar-refractivity contribution in [1.29, 1.82) is 0 Å². The van der Waals surface area contributed by atoms with Gasteiger partial charge in [-0.15, -0.1) is 5.54 Å². The SMILES string of the molecule is C[Si](C)(C)C#CC1CCCCC(=O)N1. The highest BCUT2D eigenvalue weighted by Crippen LogP contribution is 2.09. The van der Waals surface area contributed by atoms with Crippen LogP contribution < -0.4 is 5.32 Å². The van der Waals surface area contributed by atoms with E-state index in [1.165, 1.54) is 0 Å². The van der Waals surface area contributed by atoms with Crippen molar-refractivity contribution in [3.05, 3.63) is 0 Å². The molecule has 1 N–H and O–H groups in total. The number of nitrogens with one attached hydrogen (secondary N) is 1. The fraction of sp³-hybridized carbons (Fsp3) is 0.727. The average molecular weight is 209 g/mol. The van der Waals surface area contributed by atoms with Gasteiger partial charge in [0.2, 0.25) is 5.91 Å². The van der Waals surface area contributed by atoms with Gasteiger partial charge in [0.15, 0.2) is 0 Å².